The van der Waals surface area contributed by atoms with Crippen molar-refractivity contribution >= 4 is 29.4 Å². The Morgan fingerprint density at radius 3 is 2.50 bits per heavy atom. The molecule has 2 atom stereocenters. The number of carboxylic acid groups (broad SMARTS) is 1. The maximum absolute atomic E-state index is 11.8. The standard InChI is InChI=1S/C14H18N2O3S/c1-20-12-6-4-10(5-7-12)15-14(19)16-11-3-2-9(8-11)13(17)18/h4-7,9,11H,2-3,8H2,1H3,(H,17,18)(H2,15,16,19)/t9-,11+/m1/s1. The van der Waals surface area contributed by atoms with E-state index in [-0.39, 0.29) is 18.0 Å². The van der Waals surface area contributed by atoms with Crippen LogP contribution in [0.4, 0.5) is 10.5 Å². The third kappa shape index (κ3) is 3.90. The maximum atomic E-state index is 11.8. The zero-order valence-corrected chi connectivity index (χ0v) is 12.1. The van der Waals surface area contributed by atoms with Crippen LogP contribution in [0.15, 0.2) is 29.2 Å². The van der Waals surface area contributed by atoms with Crippen molar-refractivity contribution < 1.29 is 14.7 Å². The van der Waals surface area contributed by atoms with Crippen molar-refractivity contribution in [3.8, 4) is 0 Å². The number of carbonyl (C=O) groups is 2. The van der Waals surface area contributed by atoms with Gasteiger partial charge in [-0.05, 0) is 49.8 Å². The van der Waals surface area contributed by atoms with Gasteiger partial charge in [0.05, 0.1) is 5.92 Å². The molecule has 0 radical (unpaired) electrons. The van der Waals surface area contributed by atoms with Gasteiger partial charge >= 0.3 is 12.0 Å². The van der Waals surface area contributed by atoms with E-state index in [1.165, 1.54) is 0 Å². The van der Waals surface area contributed by atoms with Crippen molar-refractivity contribution in [1.29, 1.82) is 0 Å². The van der Waals surface area contributed by atoms with Crippen LogP contribution in [0.3, 0.4) is 0 Å². The van der Waals surface area contributed by atoms with Crippen molar-refractivity contribution in [1.82, 2.24) is 5.32 Å². The van der Waals surface area contributed by atoms with Gasteiger partial charge in [0, 0.05) is 16.6 Å². The van der Waals surface area contributed by atoms with Gasteiger partial charge in [0.25, 0.3) is 0 Å². The number of benzene rings is 1. The molecule has 1 aliphatic carbocycles. The van der Waals surface area contributed by atoms with Crippen LogP contribution >= 0.6 is 11.8 Å². The van der Waals surface area contributed by atoms with E-state index in [0.717, 1.165) is 17.0 Å². The summed E-state index contributed by atoms with van der Waals surface area (Å²) in [7, 11) is 0. The van der Waals surface area contributed by atoms with E-state index in [1.807, 2.05) is 30.5 Å². The number of carboxylic acids is 1. The largest absolute Gasteiger partial charge is 0.481 e. The monoisotopic (exact) mass is 294 g/mol. The highest BCUT2D eigenvalue weighted by molar-refractivity contribution is 7.98. The molecule has 20 heavy (non-hydrogen) atoms. The molecule has 1 aliphatic rings. The molecule has 1 aromatic carbocycles. The maximum Gasteiger partial charge on any atom is 0.319 e. The smallest absolute Gasteiger partial charge is 0.319 e. The lowest BCUT2D eigenvalue weighted by molar-refractivity contribution is -0.141. The molecule has 0 aliphatic heterocycles. The van der Waals surface area contributed by atoms with E-state index in [4.69, 9.17) is 5.11 Å². The molecule has 0 heterocycles. The van der Waals surface area contributed by atoms with Gasteiger partial charge < -0.3 is 15.7 Å². The highest BCUT2D eigenvalue weighted by atomic mass is 32.2. The molecule has 6 heteroatoms. The lowest BCUT2D eigenvalue weighted by Crippen LogP contribution is -2.36. The number of hydrogen-bond donors (Lipinski definition) is 3. The van der Waals surface area contributed by atoms with Gasteiger partial charge in [-0.1, -0.05) is 0 Å². The van der Waals surface area contributed by atoms with Gasteiger partial charge in [0.2, 0.25) is 0 Å². The number of nitrogens with one attached hydrogen (secondary N) is 2. The van der Waals surface area contributed by atoms with Crippen LogP contribution in [0.2, 0.25) is 0 Å². The Bertz CT molecular complexity index is 490. The summed E-state index contributed by atoms with van der Waals surface area (Å²) in [5.41, 5.74) is 0.730. The minimum atomic E-state index is -0.776. The summed E-state index contributed by atoms with van der Waals surface area (Å²) in [6.45, 7) is 0. The highest BCUT2D eigenvalue weighted by Crippen LogP contribution is 2.25. The Balaban J connectivity index is 1.82. The van der Waals surface area contributed by atoms with Gasteiger partial charge in [-0.3, -0.25) is 4.79 Å². The summed E-state index contributed by atoms with van der Waals surface area (Å²) in [4.78, 5) is 23.8. The molecule has 2 rings (SSSR count). The molecular weight excluding hydrogens is 276 g/mol. The summed E-state index contributed by atoms with van der Waals surface area (Å²) in [6.07, 6.45) is 3.85. The lowest BCUT2D eigenvalue weighted by Gasteiger charge is -2.13. The van der Waals surface area contributed by atoms with Gasteiger partial charge in [-0.25, -0.2) is 4.79 Å². The number of amides is 2. The van der Waals surface area contributed by atoms with Crippen LogP contribution < -0.4 is 10.6 Å². The Labute approximate surface area is 122 Å². The predicted molar refractivity (Wildman–Crippen MR) is 79.1 cm³/mol. The Kier molecular flexibility index (Phi) is 4.89. The molecular formula is C14H18N2O3S. The topological polar surface area (TPSA) is 78.4 Å². The fourth-order valence-corrected chi connectivity index (χ4v) is 2.77. The quantitative estimate of drug-likeness (QED) is 0.746. The lowest BCUT2D eigenvalue weighted by atomic mass is 10.1. The molecule has 2 amide bonds. The first-order valence-corrected chi connectivity index (χ1v) is 7.75. The molecule has 1 saturated carbocycles. The van der Waals surface area contributed by atoms with Gasteiger partial charge in [-0.2, -0.15) is 0 Å². The Morgan fingerprint density at radius 1 is 1.25 bits per heavy atom. The summed E-state index contributed by atoms with van der Waals surface area (Å²) < 4.78 is 0. The van der Waals surface area contributed by atoms with E-state index in [9.17, 15) is 9.59 Å². The van der Waals surface area contributed by atoms with Crippen molar-refractivity contribution in [2.24, 2.45) is 5.92 Å². The van der Waals surface area contributed by atoms with Crippen molar-refractivity contribution in [3.63, 3.8) is 0 Å². The van der Waals surface area contributed by atoms with Crippen LogP contribution in [0.5, 0.6) is 0 Å². The zero-order chi connectivity index (χ0) is 14.5. The van der Waals surface area contributed by atoms with Crippen molar-refractivity contribution in [3.05, 3.63) is 24.3 Å². The minimum absolute atomic E-state index is 0.0541. The minimum Gasteiger partial charge on any atom is -0.481 e. The normalized spacial score (nSPS) is 21.4. The van der Waals surface area contributed by atoms with E-state index in [1.54, 1.807) is 11.8 Å². The number of carbonyl (C=O) groups excluding carboxylic acids is 1. The predicted octanol–water partition coefficient (Wildman–Crippen LogP) is 2.78. The van der Waals surface area contributed by atoms with Crippen LogP contribution in [0, 0.1) is 5.92 Å². The number of anilines is 1. The van der Waals surface area contributed by atoms with Gasteiger partial charge in [0.15, 0.2) is 0 Å². The SMILES string of the molecule is CSc1ccc(NC(=O)N[C@H]2CC[C@@H](C(=O)O)C2)cc1. The van der Waals surface area contributed by atoms with Gasteiger partial charge in [-0.15, -0.1) is 11.8 Å². The van der Waals surface area contributed by atoms with Crippen LogP contribution in [0.1, 0.15) is 19.3 Å². The first-order chi connectivity index (χ1) is 9.58. The number of aliphatic carboxylic acids is 1. The summed E-state index contributed by atoms with van der Waals surface area (Å²) in [6, 6.07) is 7.24. The summed E-state index contributed by atoms with van der Waals surface area (Å²) in [5.74, 6) is -1.11. The van der Waals surface area contributed by atoms with E-state index in [0.29, 0.717) is 12.8 Å². The second-order valence-electron chi connectivity index (χ2n) is 4.87. The number of hydrogen-bond acceptors (Lipinski definition) is 3. The first-order valence-electron chi connectivity index (χ1n) is 6.53. The molecule has 1 fully saturated rings. The third-order valence-corrected chi connectivity index (χ3v) is 4.21. The van der Waals surface area contributed by atoms with E-state index < -0.39 is 5.97 Å². The molecule has 1 aromatic rings. The fourth-order valence-electron chi connectivity index (χ4n) is 2.36. The van der Waals surface area contributed by atoms with Crippen LogP contribution in [-0.2, 0) is 4.79 Å². The fraction of sp³-hybridized carbons (Fsp3) is 0.429. The average molecular weight is 294 g/mol. The molecule has 0 aromatic heterocycles. The highest BCUT2D eigenvalue weighted by Gasteiger charge is 2.30. The first kappa shape index (κ1) is 14.7. The van der Waals surface area contributed by atoms with Crippen LogP contribution in [0.25, 0.3) is 0 Å². The number of thioether (sulfide) groups is 1. The molecule has 0 saturated heterocycles. The van der Waals surface area contributed by atoms with Crippen molar-refractivity contribution in [2.75, 3.05) is 11.6 Å². The molecule has 3 N–H and O–H groups in total. The van der Waals surface area contributed by atoms with Crippen LogP contribution in [-0.4, -0.2) is 29.4 Å². The van der Waals surface area contributed by atoms with Crippen molar-refractivity contribution in [2.45, 2.75) is 30.2 Å². The number of rotatable bonds is 4. The Hall–Kier alpha value is -1.69. The second-order valence-corrected chi connectivity index (χ2v) is 5.75. The molecule has 0 unspecified atom stereocenters. The molecule has 108 valence electrons. The average Bonchev–Trinajstić information content (AvgIpc) is 2.88. The van der Waals surface area contributed by atoms with E-state index in [2.05, 4.69) is 10.6 Å². The van der Waals surface area contributed by atoms with E-state index >= 15 is 0 Å². The third-order valence-electron chi connectivity index (χ3n) is 3.46. The molecule has 5 nitrogen and oxygen atoms in total. The number of urea groups is 1. The van der Waals surface area contributed by atoms with Gasteiger partial charge in [0.1, 0.15) is 0 Å². The zero-order valence-electron chi connectivity index (χ0n) is 11.3. The summed E-state index contributed by atoms with van der Waals surface area (Å²) >= 11 is 1.64. The molecule has 0 bridgehead atoms. The Morgan fingerprint density at radius 2 is 1.95 bits per heavy atom. The summed E-state index contributed by atoms with van der Waals surface area (Å²) in [5, 5.41) is 14.5. The second kappa shape index (κ2) is 6.65. The molecule has 0 spiro atoms.